The van der Waals surface area contributed by atoms with E-state index in [2.05, 4.69) is 22.5 Å². The van der Waals surface area contributed by atoms with Crippen LogP contribution in [0.25, 0.3) is 0 Å². The van der Waals surface area contributed by atoms with Gasteiger partial charge in [-0.3, -0.25) is 9.59 Å². The molecule has 8 nitrogen and oxygen atoms in total. The molecule has 0 spiro atoms. The van der Waals surface area contributed by atoms with E-state index in [1.165, 1.54) is 28.0 Å². The number of nitrogens with two attached hydrogens (primary N) is 1. The molecule has 2 amide bonds. The highest BCUT2D eigenvalue weighted by atomic mass is 32.2. The van der Waals surface area contributed by atoms with Crippen molar-refractivity contribution >= 4 is 46.0 Å². The number of hydrogen-bond donors (Lipinski definition) is 3. The molecule has 4 aliphatic rings. The number of carbonyl (C=O) groups is 3. The summed E-state index contributed by atoms with van der Waals surface area (Å²) in [5.41, 5.74) is 6.49. The van der Waals surface area contributed by atoms with Gasteiger partial charge < -0.3 is 21.1 Å². The molecule has 10 heteroatoms. The number of nitrogens with zero attached hydrogens (tertiary/aromatic N) is 2. The van der Waals surface area contributed by atoms with E-state index in [-0.39, 0.29) is 17.2 Å². The molecule has 2 aliphatic heterocycles. The second kappa shape index (κ2) is 7.23. The number of anilines is 1. The summed E-state index contributed by atoms with van der Waals surface area (Å²) in [4.78, 5) is 43.6. The summed E-state index contributed by atoms with van der Waals surface area (Å²) in [5.74, 6) is -0.306. The molecule has 3 fully saturated rings. The lowest BCUT2D eigenvalue weighted by Gasteiger charge is -2.43. The summed E-state index contributed by atoms with van der Waals surface area (Å²) < 4.78 is -0.620. The quantitative estimate of drug-likeness (QED) is 0.436. The molecular formula is C21H26N4O4S2. The van der Waals surface area contributed by atoms with E-state index in [0.29, 0.717) is 35.0 Å². The highest BCUT2D eigenvalue weighted by Gasteiger charge is 2.64. The van der Waals surface area contributed by atoms with Crippen LogP contribution in [-0.4, -0.2) is 55.0 Å². The van der Waals surface area contributed by atoms with Gasteiger partial charge in [-0.25, -0.2) is 9.78 Å². The number of nitrogen functional groups attached to an aromatic ring is 1. The van der Waals surface area contributed by atoms with Crippen LogP contribution in [0.1, 0.15) is 44.7 Å². The smallest absolute Gasteiger partial charge is 0.327 e. The number of hydrogen-bond acceptors (Lipinski definition) is 7. The van der Waals surface area contributed by atoms with Gasteiger partial charge >= 0.3 is 5.97 Å². The standard InChI is InChI=1S/C21H26N4O4S2/c1-21(2)15(19(28)29)25-17(27)14(18(25)31-21)24-16(26)12(13-8-30-20(22)23-13)7-11-9-5-3-4-6-10(9)11/h3-4,8-12,14-15,18H,5-7H2,1-2H3,(H2,22,23)(H,24,26)(H,28,29)/t9?,10?,11?,12?,14-,15+,18-/m1/s1. The lowest BCUT2D eigenvalue weighted by atomic mass is 9.93. The van der Waals surface area contributed by atoms with E-state index >= 15 is 0 Å². The van der Waals surface area contributed by atoms with Gasteiger partial charge in [-0.1, -0.05) is 12.2 Å². The first-order valence-electron chi connectivity index (χ1n) is 10.6. The van der Waals surface area contributed by atoms with E-state index in [9.17, 15) is 19.5 Å². The van der Waals surface area contributed by atoms with Crippen molar-refractivity contribution in [2.45, 2.75) is 61.2 Å². The molecule has 0 bridgehead atoms. The molecule has 6 atom stereocenters. The summed E-state index contributed by atoms with van der Waals surface area (Å²) >= 11 is 2.74. The third kappa shape index (κ3) is 3.34. The topological polar surface area (TPSA) is 126 Å². The summed E-state index contributed by atoms with van der Waals surface area (Å²) in [5, 5.41) is 14.4. The minimum absolute atomic E-state index is 0.225. The Kier molecular flexibility index (Phi) is 4.85. The predicted molar refractivity (Wildman–Crippen MR) is 118 cm³/mol. The first-order chi connectivity index (χ1) is 14.7. The SMILES string of the molecule is CC1(C)S[C@@H]2[C@H](NC(=O)C(CC3C4CC=CCC43)c3csc(N)n3)C(=O)N2[C@H]1C(=O)O. The first-order valence-corrected chi connectivity index (χ1v) is 12.3. The van der Waals surface area contributed by atoms with Gasteiger partial charge in [0.25, 0.3) is 0 Å². The summed E-state index contributed by atoms with van der Waals surface area (Å²) in [6.45, 7) is 3.65. The monoisotopic (exact) mass is 462 g/mol. The maximum atomic E-state index is 13.3. The Hall–Kier alpha value is -2.07. The molecule has 2 saturated heterocycles. The third-order valence-corrected chi connectivity index (χ3v) is 9.45. The lowest BCUT2D eigenvalue weighted by molar-refractivity contribution is -0.161. The van der Waals surface area contributed by atoms with Crippen molar-refractivity contribution in [3.05, 3.63) is 23.2 Å². The Morgan fingerprint density at radius 1 is 1.35 bits per heavy atom. The van der Waals surface area contributed by atoms with E-state index in [1.54, 1.807) is 0 Å². The number of nitrogens with one attached hydrogen (secondary N) is 1. The number of carboxylic acid groups (broad SMARTS) is 1. The number of rotatable bonds is 6. The van der Waals surface area contributed by atoms with Gasteiger partial charge in [0.05, 0.1) is 11.6 Å². The zero-order valence-electron chi connectivity index (χ0n) is 17.4. The molecule has 1 aromatic heterocycles. The van der Waals surface area contributed by atoms with Crippen LogP contribution in [0, 0.1) is 17.8 Å². The number of aliphatic carboxylic acids is 1. The molecule has 3 heterocycles. The summed E-state index contributed by atoms with van der Waals surface area (Å²) in [6, 6.07) is -1.60. The molecule has 3 unspecified atom stereocenters. The average Bonchev–Trinajstić information content (AvgIpc) is 3.12. The Labute approximate surface area is 188 Å². The zero-order valence-corrected chi connectivity index (χ0v) is 19.0. The maximum Gasteiger partial charge on any atom is 0.327 e. The van der Waals surface area contributed by atoms with Gasteiger partial charge in [-0.05, 0) is 50.9 Å². The number of fused-ring (bicyclic) bond motifs is 2. The normalized spacial score (nSPS) is 35.7. The van der Waals surface area contributed by atoms with Crippen LogP contribution < -0.4 is 11.1 Å². The number of amides is 2. The first kappa shape index (κ1) is 20.8. The number of thiazole rings is 1. The number of aromatic nitrogens is 1. The highest BCUT2D eigenvalue weighted by molar-refractivity contribution is 8.01. The molecule has 4 N–H and O–H groups in total. The fourth-order valence-corrected chi connectivity index (χ4v) is 7.82. The fourth-order valence-electron chi connectivity index (χ4n) is 5.57. The minimum Gasteiger partial charge on any atom is -0.480 e. The van der Waals surface area contributed by atoms with E-state index in [4.69, 9.17) is 5.73 Å². The summed E-state index contributed by atoms with van der Waals surface area (Å²) in [7, 11) is 0. The van der Waals surface area contributed by atoms with Crippen LogP contribution >= 0.6 is 23.1 Å². The maximum absolute atomic E-state index is 13.3. The molecule has 1 saturated carbocycles. The van der Waals surface area contributed by atoms with Gasteiger partial charge in [0.2, 0.25) is 11.8 Å². The van der Waals surface area contributed by atoms with Crippen molar-refractivity contribution in [3.63, 3.8) is 0 Å². The number of thioether (sulfide) groups is 1. The number of allylic oxidation sites excluding steroid dienone is 2. The zero-order chi connectivity index (χ0) is 22.1. The van der Waals surface area contributed by atoms with Crippen molar-refractivity contribution in [2.24, 2.45) is 17.8 Å². The molecular weight excluding hydrogens is 436 g/mol. The Morgan fingerprint density at radius 3 is 2.61 bits per heavy atom. The largest absolute Gasteiger partial charge is 0.480 e. The van der Waals surface area contributed by atoms with Gasteiger partial charge in [-0.2, -0.15) is 0 Å². The second-order valence-electron chi connectivity index (χ2n) is 9.42. The van der Waals surface area contributed by atoms with Crippen LogP contribution in [0.2, 0.25) is 0 Å². The van der Waals surface area contributed by atoms with Crippen molar-refractivity contribution < 1.29 is 19.5 Å². The molecule has 1 aromatic rings. The van der Waals surface area contributed by atoms with E-state index in [1.807, 2.05) is 19.2 Å². The van der Waals surface area contributed by atoms with Crippen molar-refractivity contribution in [3.8, 4) is 0 Å². The van der Waals surface area contributed by atoms with Crippen molar-refractivity contribution in [1.82, 2.24) is 15.2 Å². The molecule has 0 aromatic carbocycles. The fraction of sp³-hybridized carbons (Fsp3) is 0.619. The van der Waals surface area contributed by atoms with Gasteiger partial charge in [-0.15, -0.1) is 23.1 Å². The van der Waals surface area contributed by atoms with Crippen LogP contribution in [0.5, 0.6) is 0 Å². The summed E-state index contributed by atoms with van der Waals surface area (Å²) in [6.07, 6.45) is 7.25. The Balaban J connectivity index is 1.31. The molecule has 2 aliphatic carbocycles. The molecule has 5 rings (SSSR count). The van der Waals surface area contributed by atoms with Crippen LogP contribution in [0.15, 0.2) is 17.5 Å². The van der Waals surface area contributed by atoms with Crippen LogP contribution in [0.3, 0.4) is 0 Å². The van der Waals surface area contributed by atoms with E-state index in [0.717, 1.165) is 12.8 Å². The van der Waals surface area contributed by atoms with Gasteiger partial charge in [0.15, 0.2) is 5.13 Å². The predicted octanol–water partition coefficient (Wildman–Crippen LogP) is 2.04. The third-order valence-electron chi connectivity index (χ3n) is 7.19. The number of carboxylic acids is 1. The molecule has 31 heavy (non-hydrogen) atoms. The Bertz CT molecular complexity index is 962. The van der Waals surface area contributed by atoms with Crippen molar-refractivity contribution in [1.29, 1.82) is 0 Å². The average molecular weight is 463 g/mol. The van der Waals surface area contributed by atoms with Crippen molar-refractivity contribution in [2.75, 3.05) is 5.73 Å². The van der Waals surface area contributed by atoms with Gasteiger partial charge in [0, 0.05) is 10.1 Å². The second-order valence-corrected chi connectivity index (χ2v) is 12.1. The number of β-lactam (4-membered cyclic amide) rings is 1. The molecule has 0 radical (unpaired) electrons. The van der Waals surface area contributed by atoms with Crippen LogP contribution in [0.4, 0.5) is 5.13 Å². The van der Waals surface area contributed by atoms with Crippen LogP contribution in [-0.2, 0) is 14.4 Å². The highest BCUT2D eigenvalue weighted by Crippen LogP contribution is 2.57. The molecule has 166 valence electrons. The Morgan fingerprint density at radius 2 is 2.03 bits per heavy atom. The van der Waals surface area contributed by atoms with Gasteiger partial charge in [0.1, 0.15) is 17.5 Å². The minimum atomic E-state index is -1.01. The van der Waals surface area contributed by atoms with E-state index < -0.39 is 28.7 Å². The lowest BCUT2D eigenvalue weighted by Crippen LogP contribution is -2.70. The number of carbonyl (C=O) groups excluding carboxylic acids is 2.